The van der Waals surface area contributed by atoms with Crippen LogP contribution in [0.2, 0.25) is 0 Å². The van der Waals surface area contributed by atoms with Crippen LogP contribution in [0.15, 0.2) is 0 Å². The Morgan fingerprint density at radius 1 is 1.47 bits per heavy atom. The highest BCUT2D eigenvalue weighted by Gasteiger charge is 2.41. The Kier molecular flexibility index (Phi) is 3.06. The van der Waals surface area contributed by atoms with E-state index in [1.54, 1.807) is 0 Å². The van der Waals surface area contributed by atoms with Crippen molar-refractivity contribution >= 4 is 21.8 Å². The number of amides is 2. The SMILES string of the molecule is NS(=O)(=O)CC1CC(=O)N([C@H]2CONC2=O)C1. The molecule has 0 saturated carbocycles. The van der Waals surface area contributed by atoms with Crippen molar-refractivity contribution in [3.63, 3.8) is 0 Å². The predicted octanol–water partition coefficient (Wildman–Crippen LogP) is -2.45. The number of sulfonamides is 1. The molecule has 0 aliphatic carbocycles. The van der Waals surface area contributed by atoms with Gasteiger partial charge < -0.3 is 4.90 Å². The van der Waals surface area contributed by atoms with Crippen molar-refractivity contribution in [2.75, 3.05) is 18.9 Å². The molecular formula is C8H13N3O5S. The van der Waals surface area contributed by atoms with E-state index in [-0.39, 0.29) is 43.1 Å². The highest BCUT2D eigenvalue weighted by molar-refractivity contribution is 7.89. The first-order chi connectivity index (χ1) is 7.87. The number of nitrogens with zero attached hydrogens (tertiary/aromatic N) is 1. The molecule has 1 unspecified atom stereocenters. The second-order valence-corrected chi connectivity index (χ2v) is 5.90. The molecule has 2 aliphatic rings. The topological polar surface area (TPSA) is 119 Å². The number of hydroxylamine groups is 1. The molecule has 8 nitrogen and oxygen atoms in total. The van der Waals surface area contributed by atoms with Gasteiger partial charge in [0.2, 0.25) is 15.9 Å². The van der Waals surface area contributed by atoms with Crippen molar-refractivity contribution in [3.8, 4) is 0 Å². The fraction of sp³-hybridized carbons (Fsp3) is 0.750. The van der Waals surface area contributed by atoms with E-state index in [2.05, 4.69) is 5.48 Å². The lowest BCUT2D eigenvalue weighted by atomic mass is 10.1. The number of carbonyl (C=O) groups excluding carboxylic acids is 2. The Labute approximate surface area is 98.1 Å². The zero-order valence-corrected chi connectivity index (χ0v) is 9.77. The maximum atomic E-state index is 11.7. The lowest BCUT2D eigenvalue weighted by Crippen LogP contribution is -2.43. The zero-order chi connectivity index (χ0) is 12.6. The molecule has 2 fully saturated rings. The van der Waals surface area contributed by atoms with E-state index in [0.717, 1.165) is 0 Å². The van der Waals surface area contributed by atoms with Crippen molar-refractivity contribution in [2.24, 2.45) is 11.1 Å². The van der Waals surface area contributed by atoms with Crippen LogP contribution in [0.1, 0.15) is 6.42 Å². The van der Waals surface area contributed by atoms with Gasteiger partial charge in [0.05, 0.1) is 5.75 Å². The molecule has 2 heterocycles. The molecule has 0 radical (unpaired) electrons. The number of carbonyl (C=O) groups is 2. The van der Waals surface area contributed by atoms with Crippen molar-refractivity contribution < 1.29 is 22.8 Å². The number of primary sulfonamides is 1. The third-order valence-electron chi connectivity index (χ3n) is 2.80. The minimum atomic E-state index is -3.60. The first-order valence-electron chi connectivity index (χ1n) is 5.08. The van der Waals surface area contributed by atoms with Crippen molar-refractivity contribution in [1.82, 2.24) is 10.4 Å². The molecule has 2 rings (SSSR count). The molecule has 0 aromatic heterocycles. The van der Waals surface area contributed by atoms with E-state index < -0.39 is 16.1 Å². The van der Waals surface area contributed by atoms with Gasteiger partial charge in [-0.2, -0.15) is 0 Å². The number of hydrogen-bond acceptors (Lipinski definition) is 5. The highest BCUT2D eigenvalue weighted by Crippen LogP contribution is 2.22. The number of nitrogens with one attached hydrogen (secondary N) is 1. The summed E-state index contributed by atoms with van der Waals surface area (Å²) in [7, 11) is -3.60. The summed E-state index contributed by atoms with van der Waals surface area (Å²) in [6.45, 7) is 0.309. The molecule has 96 valence electrons. The number of rotatable bonds is 3. The molecule has 3 N–H and O–H groups in total. The second kappa shape index (κ2) is 4.24. The van der Waals surface area contributed by atoms with Crippen LogP contribution in [-0.4, -0.2) is 50.1 Å². The molecule has 0 bridgehead atoms. The van der Waals surface area contributed by atoms with Crippen LogP contribution in [0.5, 0.6) is 0 Å². The highest BCUT2D eigenvalue weighted by atomic mass is 32.2. The van der Waals surface area contributed by atoms with Crippen LogP contribution in [0, 0.1) is 5.92 Å². The molecule has 2 saturated heterocycles. The van der Waals surface area contributed by atoms with Gasteiger partial charge in [-0.1, -0.05) is 0 Å². The predicted molar refractivity (Wildman–Crippen MR) is 55.7 cm³/mol. The Hall–Kier alpha value is -1.19. The van der Waals surface area contributed by atoms with Crippen LogP contribution < -0.4 is 10.6 Å². The largest absolute Gasteiger partial charge is 0.328 e. The molecule has 0 aromatic carbocycles. The van der Waals surface area contributed by atoms with E-state index in [9.17, 15) is 18.0 Å². The van der Waals surface area contributed by atoms with E-state index in [1.807, 2.05) is 0 Å². The van der Waals surface area contributed by atoms with E-state index in [4.69, 9.17) is 9.98 Å². The molecule has 0 aromatic rings. The summed E-state index contributed by atoms with van der Waals surface area (Å²) >= 11 is 0. The van der Waals surface area contributed by atoms with Crippen molar-refractivity contribution in [3.05, 3.63) is 0 Å². The normalized spacial score (nSPS) is 29.8. The Morgan fingerprint density at radius 2 is 2.18 bits per heavy atom. The molecule has 9 heteroatoms. The third kappa shape index (κ3) is 2.73. The van der Waals surface area contributed by atoms with Gasteiger partial charge in [-0.25, -0.2) is 19.0 Å². The Balaban J connectivity index is 2.02. The van der Waals surface area contributed by atoms with Gasteiger partial charge in [0, 0.05) is 18.9 Å². The lowest BCUT2D eigenvalue weighted by molar-refractivity contribution is -0.135. The van der Waals surface area contributed by atoms with Gasteiger partial charge in [0.1, 0.15) is 12.6 Å². The van der Waals surface area contributed by atoms with E-state index in [0.29, 0.717) is 0 Å². The van der Waals surface area contributed by atoms with Gasteiger partial charge in [0.25, 0.3) is 5.91 Å². The van der Waals surface area contributed by atoms with Gasteiger partial charge in [-0.3, -0.25) is 14.4 Å². The summed E-state index contributed by atoms with van der Waals surface area (Å²) in [5.74, 6) is -1.23. The summed E-state index contributed by atoms with van der Waals surface area (Å²) in [5, 5.41) is 4.93. The van der Waals surface area contributed by atoms with Crippen LogP contribution in [0.4, 0.5) is 0 Å². The minimum absolute atomic E-state index is 0.0899. The summed E-state index contributed by atoms with van der Waals surface area (Å²) in [5.41, 5.74) is 2.15. The monoisotopic (exact) mass is 263 g/mol. The van der Waals surface area contributed by atoms with Gasteiger partial charge >= 0.3 is 0 Å². The van der Waals surface area contributed by atoms with Gasteiger partial charge in [0.15, 0.2) is 0 Å². The first-order valence-corrected chi connectivity index (χ1v) is 6.80. The standard InChI is InChI=1S/C8H13N3O5S/c9-17(14,15)4-5-1-7(12)11(2-5)6-3-16-10-8(6)13/h5-6H,1-4H2,(H,10,13)(H2,9,14,15)/t5?,6-/m0/s1. The quantitative estimate of drug-likeness (QED) is 0.586. The molecule has 0 spiro atoms. The fourth-order valence-corrected chi connectivity index (χ4v) is 3.00. The summed E-state index contributed by atoms with van der Waals surface area (Å²) in [6, 6.07) is -0.659. The molecule has 2 aliphatic heterocycles. The van der Waals surface area contributed by atoms with Crippen LogP contribution in [0.3, 0.4) is 0 Å². The van der Waals surface area contributed by atoms with Gasteiger partial charge in [-0.15, -0.1) is 0 Å². The van der Waals surface area contributed by atoms with Gasteiger partial charge in [-0.05, 0) is 0 Å². The van der Waals surface area contributed by atoms with Crippen molar-refractivity contribution in [1.29, 1.82) is 0 Å². The summed E-state index contributed by atoms with van der Waals surface area (Å²) < 4.78 is 21.9. The Bertz CT molecular complexity index is 448. The fourth-order valence-electron chi connectivity index (χ4n) is 2.12. The molecular weight excluding hydrogens is 250 g/mol. The Morgan fingerprint density at radius 3 is 2.71 bits per heavy atom. The number of nitrogens with two attached hydrogens (primary N) is 1. The maximum absolute atomic E-state index is 11.7. The average Bonchev–Trinajstić information content (AvgIpc) is 2.70. The average molecular weight is 263 g/mol. The molecule has 17 heavy (non-hydrogen) atoms. The number of hydrogen-bond donors (Lipinski definition) is 2. The minimum Gasteiger partial charge on any atom is -0.328 e. The smallest absolute Gasteiger partial charge is 0.268 e. The van der Waals surface area contributed by atoms with Crippen LogP contribution in [0.25, 0.3) is 0 Å². The summed E-state index contributed by atoms with van der Waals surface area (Å²) in [4.78, 5) is 29.1. The molecule has 2 atom stereocenters. The molecule has 2 amide bonds. The van der Waals surface area contributed by atoms with Crippen LogP contribution >= 0.6 is 0 Å². The lowest BCUT2D eigenvalue weighted by Gasteiger charge is -2.20. The third-order valence-corrected chi connectivity index (χ3v) is 3.74. The second-order valence-electron chi connectivity index (χ2n) is 4.24. The first kappa shape index (κ1) is 12.3. The zero-order valence-electron chi connectivity index (χ0n) is 8.96. The van der Waals surface area contributed by atoms with Crippen molar-refractivity contribution in [2.45, 2.75) is 12.5 Å². The van der Waals surface area contributed by atoms with E-state index in [1.165, 1.54) is 4.90 Å². The van der Waals surface area contributed by atoms with Crippen LogP contribution in [-0.2, 0) is 24.4 Å². The summed E-state index contributed by atoms with van der Waals surface area (Å²) in [6.07, 6.45) is 0.0974. The maximum Gasteiger partial charge on any atom is 0.268 e. The number of likely N-dealkylation sites (tertiary alicyclic amines) is 1. The van der Waals surface area contributed by atoms with E-state index >= 15 is 0 Å².